The summed E-state index contributed by atoms with van der Waals surface area (Å²) in [5.41, 5.74) is 0. The van der Waals surface area contributed by atoms with Crippen molar-refractivity contribution in [3.05, 3.63) is 35.3 Å². The van der Waals surface area contributed by atoms with Gasteiger partial charge in [-0.2, -0.15) is 0 Å². The standard InChI is InChI=1S/C12H11N3O2S/c1-2-10(17-9-6-4-3-5-7-9)11-14-15-12(18-11)13-8-16/h3-7,10H,2H2,1H3. The van der Waals surface area contributed by atoms with E-state index in [1.54, 1.807) is 0 Å². The van der Waals surface area contributed by atoms with Gasteiger partial charge >= 0.3 is 0 Å². The third-order valence-corrected chi connectivity index (χ3v) is 3.15. The predicted octanol–water partition coefficient (Wildman–Crippen LogP) is 3.04. The van der Waals surface area contributed by atoms with Crippen LogP contribution in [-0.4, -0.2) is 16.3 Å². The molecular weight excluding hydrogens is 250 g/mol. The van der Waals surface area contributed by atoms with Crippen LogP contribution in [0.3, 0.4) is 0 Å². The van der Waals surface area contributed by atoms with Crippen LogP contribution in [0.2, 0.25) is 0 Å². The van der Waals surface area contributed by atoms with Crippen LogP contribution in [-0.2, 0) is 4.79 Å². The Bertz CT molecular complexity index is 549. The van der Waals surface area contributed by atoms with Crippen molar-refractivity contribution in [1.29, 1.82) is 0 Å². The average molecular weight is 261 g/mol. The molecule has 0 aliphatic carbocycles. The van der Waals surface area contributed by atoms with Crippen molar-refractivity contribution >= 4 is 22.5 Å². The minimum atomic E-state index is -0.180. The summed E-state index contributed by atoms with van der Waals surface area (Å²) in [5.74, 6) is 0.778. The van der Waals surface area contributed by atoms with Crippen molar-refractivity contribution in [3.8, 4) is 5.75 Å². The molecule has 0 aliphatic rings. The van der Waals surface area contributed by atoms with E-state index >= 15 is 0 Å². The van der Waals surface area contributed by atoms with Crippen molar-refractivity contribution in [2.24, 2.45) is 4.99 Å². The Morgan fingerprint density at radius 1 is 1.39 bits per heavy atom. The first-order valence-corrected chi connectivity index (χ1v) is 6.28. The van der Waals surface area contributed by atoms with Crippen molar-refractivity contribution in [3.63, 3.8) is 0 Å². The number of rotatable bonds is 5. The summed E-state index contributed by atoms with van der Waals surface area (Å²) in [6, 6.07) is 9.51. The third-order valence-electron chi connectivity index (χ3n) is 2.24. The molecule has 0 bridgehead atoms. The van der Waals surface area contributed by atoms with Gasteiger partial charge in [-0.25, -0.2) is 4.79 Å². The summed E-state index contributed by atoms with van der Waals surface area (Å²) in [7, 11) is 0. The predicted molar refractivity (Wildman–Crippen MR) is 67.8 cm³/mol. The smallest absolute Gasteiger partial charge is 0.242 e. The Hall–Kier alpha value is -2.04. The van der Waals surface area contributed by atoms with Crippen molar-refractivity contribution in [1.82, 2.24) is 10.2 Å². The third kappa shape index (κ3) is 3.00. The minimum absolute atomic E-state index is 0.180. The number of ether oxygens (including phenoxy) is 1. The second kappa shape index (κ2) is 6.05. The number of hydrogen-bond acceptors (Lipinski definition) is 6. The van der Waals surface area contributed by atoms with Crippen LogP contribution in [0, 0.1) is 0 Å². The fourth-order valence-corrected chi connectivity index (χ4v) is 2.19. The summed E-state index contributed by atoms with van der Waals surface area (Å²) in [4.78, 5) is 13.6. The molecule has 1 atom stereocenters. The van der Waals surface area contributed by atoms with E-state index in [1.165, 1.54) is 17.4 Å². The van der Waals surface area contributed by atoms with Crippen LogP contribution in [0.15, 0.2) is 35.3 Å². The van der Waals surface area contributed by atoms with E-state index in [1.807, 2.05) is 37.3 Å². The molecule has 0 radical (unpaired) electrons. The monoisotopic (exact) mass is 261 g/mol. The zero-order valence-electron chi connectivity index (χ0n) is 9.74. The minimum Gasteiger partial charge on any atom is -0.483 e. The van der Waals surface area contributed by atoms with Gasteiger partial charge in [-0.15, -0.1) is 15.2 Å². The second-order valence-electron chi connectivity index (χ2n) is 3.45. The Labute approximate surface area is 108 Å². The molecule has 0 aliphatic heterocycles. The molecule has 1 unspecified atom stereocenters. The number of carbonyl (C=O) groups excluding carboxylic acids is 1. The number of para-hydroxylation sites is 1. The van der Waals surface area contributed by atoms with Crippen LogP contribution in [0.25, 0.3) is 0 Å². The van der Waals surface area contributed by atoms with Gasteiger partial charge in [0.15, 0.2) is 11.1 Å². The molecule has 92 valence electrons. The summed E-state index contributed by atoms with van der Waals surface area (Å²) in [6.45, 7) is 2.00. The lowest BCUT2D eigenvalue weighted by molar-refractivity contribution is 0.200. The van der Waals surface area contributed by atoms with E-state index in [2.05, 4.69) is 15.2 Å². The van der Waals surface area contributed by atoms with Gasteiger partial charge in [0.1, 0.15) is 5.75 Å². The zero-order chi connectivity index (χ0) is 12.8. The molecular formula is C12H11N3O2S. The number of isocyanates is 1. The molecule has 0 saturated carbocycles. The highest BCUT2D eigenvalue weighted by Crippen LogP contribution is 2.29. The number of aromatic nitrogens is 2. The Balaban J connectivity index is 2.15. The van der Waals surface area contributed by atoms with Gasteiger partial charge in [-0.1, -0.05) is 36.5 Å². The highest BCUT2D eigenvalue weighted by molar-refractivity contribution is 7.15. The molecule has 0 spiro atoms. The van der Waals surface area contributed by atoms with Gasteiger partial charge in [0.25, 0.3) is 0 Å². The highest BCUT2D eigenvalue weighted by atomic mass is 32.1. The first-order valence-electron chi connectivity index (χ1n) is 5.46. The summed E-state index contributed by atoms with van der Waals surface area (Å²) >= 11 is 1.23. The topological polar surface area (TPSA) is 64.4 Å². The molecule has 1 aromatic carbocycles. The summed E-state index contributed by atoms with van der Waals surface area (Å²) < 4.78 is 5.81. The molecule has 1 aromatic heterocycles. The molecule has 6 heteroatoms. The quantitative estimate of drug-likeness (QED) is 0.613. The lowest BCUT2D eigenvalue weighted by Gasteiger charge is -2.14. The normalized spacial score (nSPS) is 11.6. The van der Waals surface area contributed by atoms with Gasteiger partial charge in [0, 0.05) is 0 Å². The van der Waals surface area contributed by atoms with Crippen LogP contribution < -0.4 is 4.74 Å². The largest absolute Gasteiger partial charge is 0.483 e. The first kappa shape index (κ1) is 12.4. The average Bonchev–Trinajstić information content (AvgIpc) is 2.86. The molecule has 2 aromatic rings. The second-order valence-corrected chi connectivity index (χ2v) is 4.44. The van der Waals surface area contributed by atoms with Gasteiger partial charge < -0.3 is 4.74 Å². The first-order chi connectivity index (χ1) is 8.83. The Morgan fingerprint density at radius 3 is 2.83 bits per heavy atom. The van der Waals surface area contributed by atoms with E-state index in [0.29, 0.717) is 10.1 Å². The van der Waals surface area contributed by atoms with E-state index in [-0.39, 0.29) is 6.10 Å². The van der Waals surface area contributed by atoms with Crippen LogP contribution in [0.4, 0.5) is 5.13 Å². The maximum atomic E-state index is 10.1. The zero-order valence-corrected chi connectivity index (χ0v) is 10.6. The summed E-state index contributed by atoms with van der Waals surface area (Å²) in [6.07, 6.45) is 2.02. The fourth-order valence-electron chi connectivity index (χ4n) is 1.41. The molecule has 18 heavy (non-hydrogen) atoms. The van der Waals surface area contributed by atoms with Gasteiger partial charge in [-0.05, 0) is 18.6 Å². The van der Waals surface area contributed by atoms with Crippen molar-refractivity contribution in [2.45, 2.75) is 19.4 Å². The van der Waals surface area contributed by atoms with Gasteiger partial charge in [-0.3, -0.25) is 0 Å². The van der Waals surface area contributed by atoms with Crippen LogP contribution in [0.5, 0.6) is 5.75 Å². The Morgan fingerprint density at radius 2 is 2.17 bits per heavy atom. The lowest BCUT2D eigenvalue weighted by atomic mass is 10.3. The van der Waals surface area contributed by atoms with E-state index in [4.69, 9.17) is 4.74 Å². The van der Waals surface area contributed by atoms with E-state index in [9.17, 15) is 4.79 Å². The molecule has 0 N–H and O–H groups in total. The number of hydrogen-bond donors (Lipinski definition) is 0. The highest BCUT2D eigenvalue weighted by Gasteiger charge is 2.16. The van der Waals surface area contributed by atoms with Gasteiger partial charge in [0.05, 0.1) is 0 Å². The molecule has 5 nitrogen and oxygen atoms in total. The van der Waals surface area contributed by atoms with Crippen molar-refractivity contribution < 1.29 is 9.53 Å². The van der Waals surface area contributed by atoms with Gasteiger partial charge in [0.2, 0.25) is 11.2 Å². The van der Waals surface area contributed by atoms with Crippen molar-refractivity contribution in [2.75, 3.05) is 0 Å². The molecule has 1 heterocycles. The maximum Gasteiger partial charge on any atom is 0.242 e. The summed E-state index contributed by atoms with van der Waals surface area (Å²) in [5, 5.41) is 8.75. The SMILES string of the molecule is CCC(Oc1ccccc1)c1nnc(N=C=O)s1. The maximum absolute atomic E-state index is 10.1. The van der Waals surface area contributed by atoms with E-state index < -0.39 is 0 Å². The molecule has 0 fully saturated rings. The lowest BCUT2D eigenvalue weighted by Crippen LogP contribution is -2.05. The van der Waals surface area contributed by atoms with Crippen LogP contribution in [0.1, 0.15) is 24.5 Å². The molecule has 0 saturated heterocycles. The van der Waals surface area contributed by atoms with E-state index in [0.717, 1.165) is 12.2 Å². The molecule has 2 rings (SSSR count). The fraction of sp³-hybridized carbons (Fsp3) is 0.250. The number of aliphatic imine (C=N–C) groups is 1. The van der Waals surface area contributed by atoms with Crippen LogP contribution >= 0.6 is 11.3 Å². The number of benzene rings is 1. The Kier molecular flexibility index (Phi) is 4.17. The number of nitrogens with zero attached hydrogens (tertiary/aromatic N) is 3. The molecule has 0 amide bonds.